The van der Waals surface area contributed by atoms with Crippen LogP contribution in [0.1, 0.15) is 316 Å². The first-order chi connectivity index (χ1) is 40.0. The molecule has 0 aliphatic rings. The summed E-state index contributed by atoms with van der Waals surface area (Å²) < 4.78 is 16.9. The lowest BCUT2D eigenvalue weighted by Gasteiger charge is -2.18. The monoisotopic (exact) mass is 1120 g/mol. The van der Waals surface area contributed by atoms with Gasteiger partial charge in [-0.2, -0.15) is 0 Å². The van der Waals surface area contributed by atoms with E-state index in [4.69, 9.17) is 14.2 Å². The Morgan fingerprint density at radius 2 is 0.481 bits per heavy atom. The Morgan fingerprint density at radius 1 is 0.259 bits per heavy atom. The lowest BCUT2D eigenvalue weighted by atomic mass is 10.0. The first kappa shape index (κ1) is 76.8. The summed E-state index contributed by atoms with van der Waals surface area (Å²) in [7, 11) is 0. The lowest BCUT2D eigenvalue weighted by Crippen LogP contribution is -2.30. The van der Waals surface area contributed by atoms with Crippen LogP contribution in [-0.2, 0) is 28.6 Å². The zero-order valence-corrected chi connectivity index (χ0v) is 53.0. The van der Waals surface area contributed by atoms with Crippen molar-refractivity contribution in [3.05, 3.63) is 122 Å². The van der Waals surface area contributed by atoms with Crippen molar-refractivity contribution in [1.82, 2.24) is 0 Å². The summed E-state index contributed by atoms with van der Waals surface area (Å²) in [4.78, 5) is 38.4. The normalized spacial score (nSPS) is 12.9. The van der Waals surface area contributed by atoms with Crippen LogP contribution in [-0.4, -0.2) is 37.2 Å². The third-order valence-electron chi connectivity index (χ3n) is 14.4. The van der Waals surface area contributed by atoms with E-state index in [9.17, 15) is 14.4 Å². The fraction of sp³-hybridized carbons (Fsp3) is 0.693. The average molecular weight is 1120 g/mol. The highest BCUT2D eigenvalue weighted by Crippen LogP contribution is 2.16. The van der Waals surface area contributed by atoms with E-state index in [-0.39, 0.29) is 31.1 Å². The van der Waals surface area contributed by atoms with Gasteiger partial charge in [-0.25, -0.2) is 0 Å². The van der Waals surface area contributed by atoms with Gasteiger partial charge in [0.2, 0.25) is 0 Å². The number of unbranched alkanes of at least 4 members (excludes halogenated alkanes) is 30. The number of allylic oxidation sites excluding steroid dienone is 20. The van der Waals surface area contributed by atoms with E-state index in [1.165, 1.54) is 148 Å². The van der Waals surface area contributed by atoms with Crippen LogP contribution >= 0.6 is 0 Å². The van der Waals surface area contributed by atoms with Crippen molar-refractivity contribution in [3.8, 4) is 0 Å². The number of ether oxygens (including phenoxy) is 3. The molecule has 0 fully saturated rings. The van der Waals surface area contributed by atoms with E-state index < -0.39 is 6.10 Å². The van der Waals surface area contributed by atoms with Crippen LogP contribution in [0.25, 0.3) is 0 Å². The second-order valence-corrected chi connectivity index (χ2v) is 22.3. The second-order valence-electron chi connectivity index (χ2n) is 22.3. The molecule has 0 heterocycles. The summed E-state index contributed by atoms with van der Waals surface area (Å²) in [6.07, 6.45) is 95.1. The van der Waals surface area contributed by atoms with Gasteiger partial charge in [-0.3, -0.25) is 14.4 Å². The van der Waals surface area contributed by atoms with Crippen molar-refractivity contribution in [2.45, 2.75) is 322 Å². The molecule has 0 aromatic heterocycles. The lowest BCUT2D eigenvalue weighted by molar-refractivity contribution is -0.167. The van der Waals surface area contributed by atoms with Crippen molar-refractivity contribution in [1.29, 1.82) is 0 Å². The molecule has 0 aliphatic heterocycles. The molecule has 1 atom stereocenters. The second kappa shape index (κ2) is 68.3. The molecule has 0 N–H and O–H groups in total. The van der Waals surface area contributed by atoms with E-state index in [1.54, 1.807) is 0 Å². The maximum absolute atomic E-state index is 12.9. The standard InChI is InChI=1S/C75H126O6/c1-4-7-10-13-16-19-22-25-27-29-31-33-34-35-36-37-38-39-40-42-43-45-47-50-53-56-59-62-65-68-74(77)80-71-72(70-79-73(76)67-64-61-58-55-52-49-24-21-18-15-12-9-6-3)81-75(78)69-66-63-60-57-54-51-48-46-44-41-32-30-28-26-23-20-17-14-11-8-5-2/h8-9,11-12,17-18,20-22,25-26,28-29,31-32,34-35,41,49,52,72H,4-7,10,13-16,19,23-24,27,30,33,36-40,42-48,50-51,53-71H2,1-3H3/b11-8-,12-9-,20-17-,21-18-,25-22-,28-26-,31-29-,35-34-,41-32-,52-49-. The average Bonchev–Trinajstić information content (AvgIpc) is 3.46. The molecule has 0 saturated heterocycles. The van der Waals surface area contributed by atoms with Gasteiger partial charge in [-0.05, 0) is 128 Å². The Balaban J connectivity index is 4.30. The van der Waals surface area contributed by atoms with Crippen LogP contribution in [0.2, 0.25) is 0 Å². The first-order valence-electron chi connectivity index (χ1n) is 34.0. The van der Waals surface area contributed by atoms with Crippen LogP contribution in [0.15, 0.2) is 122 Å². The molecule has 0 bridgehead atoms. The van der Waals surface area contributed by atoms with Crippen molar-refractivity contribution >= 4 is 17.9 Å². The minimum absolute atomic E-state index is 0.0923. The molecule has 1 unspecified atom stereocenters. The van der Waals surface area contributed by atoms with Crippen molar-refractivity contribution in [2.75, 3.05) is 13.2 Å². The molecule has 0 spiro atoms. The molecule has 0 rings (SSSR count). The fourth-order valence-corrected chi connectivity index (χ4v) is 9.40. The van der Waals surface area contributed by atoms with Gasteiger partial charge in [0.15, 0.2) is 6.10 Å². The maximum Gasteiger partial charge on any atom is 0.306 e. The van der Waals surface area contributed by atoms with Crippen LogP contribution in [0, 0.1) is 0 Å². The predicted molar refractivity (Wildman–Crippen MR) is 353 cm³/mol. The van der Waals surface area contributed by atoms with Crippen molar-refractivity contribution in [2.24, 2.45) is 0 Å². The van der Waals surface area contributed by atoms with Gasteiger partial charge in [0.05, 0.1) is 0 Å². The maximum atomic E-state index is 12.9. The predicted octanol–water partition coefficient (Wildman–Crippen LogP) is 23.6. The fourth-order valence-electron chi connectivity index (χ4n) is 9.40. The number of esters is 3. The molecule has 0 radical (unpaired) electrons. The van der Waals surface area contributed by atoms with Crippen molar-refractivity contribution in [3.63, 3.8) is 0 Å². The molecular formula is C75H126O6. The SMILES string of the molecule is CC/C=C\C/C=C\C/C=C\C/C=C\CCCCCCCCCCC(=O)OC(COC(=O)CCCCC/C=C\C/C=C\C/C=C\CC)COC(=O)CCCCCCCCCCCCCCCC/C=C\C/C=C\C/C=C\CCCCCCC. The number of hydrogen-bond donors (Lipinski definition) is 0. The van der Waals surface area contributed by atoms with E-state index in [0.29, 0.717) is 19.3 Å². The van der Waals surface area contributed by atoms with Gasteiger partial charge in [0.25, 0.3) is 0 Å². The Kier molecular flexibility index (Phi) is 64.8. The van der Waals surface area contributed by atoms with Gasteiger partial charge < -0.3 is 14.2 Å². The first-order valence-corrected chi connectivity index (χ1v) is 34.0. The Hall–Kier alpha value is -4.19. The Morgan fingerprint density at radius 3 is 0.765 bits per heavy atom. The summed E-state index contributed by atoms with van der Waals surface area (Å²) in [5.41, 5.74) is 0. The van der Waals surface area contributed by atoms with Gasteiger partial charge >= 0.3 is 17.9 Å². The summed E-state index contributed by atoms with van der Waals surface area (Å²) in [6, 6.07) is 0. The minimum atomic E-state index is -0.799. The van der Waals surface area contributed by atoms with Crippen LogP contribution in [0.5, 0.6) is 0 Å². The molecule has 0 aliphatic carbocycles. The van der Waals surface area contributed by atoms with Gasteiger partial charge in [-0.15, -0.1) is 0 Å². The van der Waals surface area contributed by atoms with Crippen LogP contribution < -0.4 is 0 Å². The van der Waals surface area contributed by atoms with Gasteiger partial charge in [0, 0.05) is 19.3 Å². The summed E-state index contributed by atoms with van der Waals surface area (Å²) >= 11 is 0. The highest BCUT2D eigenvalue weighted by atomic mass is 16.6. The smallest absolute Gasteiger partial charge is 0.306 e. The Bertz CT molecular complexity index is 1670. The molecule has 6 heteroatoms. The topological polar surface area (TPSA) is 78.9 Å². The summed E-state index contributed by atoms with van der Waals surface area (Å²) in [6.45, 7) is 6.39. The van der Waals surface area contributed by atoms with Crippen molar-refractivity contribution < 1.29 is 28.6 Å². The number of carbonyl (C=O) groups is 3. The van der Waals surface area contributed by atoms with E-state index in [0.717, 1.165) is 128 Å². The van der Waals surface area contributed by atoms with E-state index >= 15 is 0 Å². The largest absolute Gasteiger partial charge is 0.462 e. The molecule has 0 aromatic rings. The molecule has 6 nitrogen and oxygen atoms in total. The van der Waals surface area contributed by atoms with E-state index in [1.807, 2.05) is 0 Å². The van der Waals surface area contributed by atoms with Gasteiger partial charge in [-0.1, -0.05) is 290 Å². The molecular weight excluding hydrogens is 997 g/mol. The summed E-state index contributed by atoms with van der Waals surface area (Å²) in [5, 5.41) is 0. The van der Waals surface area contributed by atoms with Crippen LogP contribution in [0.3, 0.4) is 0 Å². The Labute approximate surface area is 501 Å². The third-order valence-corrected chi connectivity index (χ3v) is 14.4. The molecule has 81 heavy (non-hydrogen) atoms. The third kappa shape index (κ3) is 66.5. The zero-order valence-electron chi connectivity index (χ0n) is 53.0. The molecule has 0 aromatic carbocycles. The number of rotatable bonds is 61. The zero-order chi connectivity index (χ0) is 58.5. The molecule has 0 saturated carbocycles. The number of hydrogen-bond acceptors (Lipinski definition) is 6. The highest BCUT2D eigenvalue weighted by molar-refractivity contribution is 5.71. The summed E-state index contributed by atoms with van der Waals surface area (Å²) in [5.74, 6) is -0.924. The number of carbonyl (C=O) groups excluding carboxylic acids is 3. The molecule has 0 amide bonds. The van der Waals surface area contributed by atoms with E-state index in [2.05, 4.69) is 142 Å². The minimum Gasteiger partial charge on any atom is -0.462 e. The van der Waals surface area contributed by atoms with Gasteiger partial charge in [0.1, 0.15) is 13.2 Å². The highest BCUT2D eigenvalue weighted by Gasteiger charge is 2.19. The molecule has 462 valence electrons. The van der Waals surface area contributed by atoms with Crippen LogP contribution in [0.4, 0.5) is 0 Å². The quantitative estimate of drug-likeness (QED) is 0.0261.